The van der Waals surface area contributed by atoms with E-state index in [-0.39, 0.29) is 5.82 Å². The average Bonchev–Trinajstić information content (AvgIpc) is 2.73. The summed E-state index contributed by atoms with van der Waals surface area (Å²) in [6.07, 6.45) is 3.82. The molecule has 6 heteroatoms. The van der Waals surface area contributed by atoms with Crippen LogP contribution in [-0.4, -0.2) is 36.2 Å². The molecule has 0 spiro atoms. The zero-order chi connectivity index (χ0) is 20.2. The van der Waals surface area contributed by atoms with Gasteiger partial charge in [-0.3, -0.25) is 9.88 Å². The summed E-state index contributed by atoms with van der Waals surface area (Å²) in [7, 11) is 0. The summed E-state index contributed by atoms with van der Waals surface area (Å²) in [5, 5.41) is 1.11. The highest BCUT2D eigenvalue weighted by Crippen LogP contribution is 2.33. The smallest absolute Gasteiger partial charge is 0.123 e. The van der Waals surface area contributed by atoms with Gasteiger partial charge in [-0.2, -0.15) is 0 Å². The third-order valence-corrected chi connectivity index (χ3v) is 5.20. The van der Waals surface area contributed by atoms with Crippen LogP contribution in [0.25, 0.3) is 11.3 Å². The van der Waals surface area contributed by atoms with Gasteiger partial charge in [0, 0.05) is 41.3 Å². The summed E-state index contributed by atoms with van der Waals surface area (Å²) in [5.74, 6) is -0.259. The van der Waals surface area contributed by atoms with Crippen LogP contribution in [0.3, 0.4) is 0 Å². The number of morpholine rings is 1. The Bertz CT molecular complexity index is 955. The van der Waals surface area contributed by atoms with Gasteiger partial charge in [0.15, 0.2) is 0 Å². The number of hydrogen-bond acceptors (Lipinski definition) is 3. The van der Waals surface area contributed by atoms with Crippen LogP contribution in [0, 0.1) is 18.3 Å². The molecular weight excluding hydrogens is 410 g/mol. The first-order valence-electron chi connectivity index (χ1n) is 9.32. The minimum absolute atomic E-state index is 0.259. The first-order valence-corrected chi connectivity index (χ1v) is 10.1. The van der Waals surface area contributed by atoms with Crippen molar-refractivity contribution in [2.75, 3.05) is 26.3 Å². The lowest BCUT2D eigenvalue weighted by atomic mass is 9.94. The molecule has 2 aromatic carbocycles. The molecule has 148 valence electrons. The van der Waals surface area contributed by atoms with Crippen molar-refractivity contribution in [1.82, 2.24) is 9.88 Å². The van der Waals surface area contributed by atoms with Crippen molar-refractivity contribution in [3.05, 3.63) is 100 Å². The lowest BCUT2D eigenvalue weighted by Crippen LogP contribution is -2.40. The predicted octanol–water partition coefficient (Wildman–Crippen LogP) is 5.66. The molecule has 2 heterocycles. The van der Waals surface area contributed by atoms with Crippen molar-refractivity contribution >= 4 is 23.2 Å². The molecular formula is C23H19Cl2FN2O. The minimum atomic E-state index is -0.259. The van der Waals surface area contributed by atoms with Crippen molar-refractivity contribution in [1.29, 1.82) is 0 Å². The van der Waals surface area contributed by atoms with Crippen LogP contribution >= 0.6 is 23.2 Å². The summed E-state index contributed by atoms with van der Waals surface area (Å²) < 4.78 is 19.0. The second kappa shape index (κ2) is 9.23. The Morgan fingerprint density at radius 1 is 1.00 bits per heavy atom. The monoisotopic (exact) mass is 428 g/mol. The Hall–Kier alpha value is -1.98. The van der Waals surface area contributed by atoms with Gasteiger partial charge in [0.1, 0.15) is 5.82 Å². The molecule has 0 N–H and O–H groups in total. The van der Waals surface area contributed by atoms with Gasteiger partial charge in [-0.15, -0.1) is 0 Å². The van der Waals surface area contributed by atoms with Crippen molar-refractivity contribution < 1.29 is 9.13 Å². The summed E-state index contributed by atoms with van der Waals surface area (Å²) in [4.78, 5) is 6.82. The van der Waals surface area contributed by atoms with Crippen molar-refractivity contribution in [2.45, 2.75) is 0 Å². The van der Waals surface area contributed by atoms with Gasteiger partial charge in [-0.1, -0.05) is 41.4 Å². The van der Waals surface area contributed by atoms with E-state index in [0.717, 1.165) is 41.5 Å². The van der Waals surface area contributed by atoms with Gasteiger partial charge in [-0.05, 0) is 47.5 Å². The van der Waals surface area contributed by atoms with Crippen LogP contribution in [0.5, 0.6) is 0 Å². The SMILES string of the molecule is Fc1ccc([C]([CH]c2cccnc2-c2cc(Cl)cc(Cl)c2)N2CCOCC2)cc1. The molecule has 0 saturated carbocycles. The number of benzene rings is 2. The van der Waals surface area contributed by atoms with E-state index in [1.807, 2.05) is 24.3 Å². The first kappa shape index (κ1) is 20.3. The van der Waals surface area contributed by atoms with Crippen LogP contribution in [-0.2, 0) is 4.74 Å². The second-order valence-electron chi connectivity index (χ2n) is 6.74. The number of rotatable bonds is 5. The van der Waals surface area contributed by atoms with Gasteiger partial charge in [-0.25, -0.2) is 4.39 Å². The first-order chi connectivity index (χ1) is 14.1. The van der Waals surface area contributed by atoms with Gasteiger partial charge in [0.25, 0.3) is 0 Å². The quantitative estimate of drug-likeness (QED) is 0.524. The van der Waals surface area contributed by atoms with E-state index in [9.17, 15) is 4.39 Å². The standard InChI is InChI=1S/C23H19Cl2FN2O/c24-19-12-18(13-20(25)15-19)23-17(2-1-7-27-23)14-22(28-8-10-29-11-9-28)16-3-5-21(26)6-4-16/h1-7,12-15H,8-11H2. The normalized spacial score (nSPS) is 15.0. The molecule has 2 radical (unpaired) electrons. The van der Waals surface area contributed by atoms with E-state index in [1.54, 1.807) is 24.4 Å². The number of ether oxygens (including phenoxy) is 1. The number of halogens is 3. The summed E-state index contributed by atoms with van der Waals surface area (Å²) in [6, 6.07) is 16.8. The fourth-order valence-corrected chi connectivity index (χ4v) is 3.92. The highest BCUT2D eigenvalue weighted by Gasteiger charge is 2.25. The van der Waals surface area contributed by atoms with Crippen LogP contribution in [0.15, 0.2) is 60.8 Å². The van der Waals surface area contributed by atoms with Gasteiger partial charge in [0.2, 0.25) is 0 Å². The Kier molecular flexibility index (Phi) is 6.46. The van der Waals surface area contributed by atoms with Crippen molar-refractivity contribution in [2.24, 2.45) is 0 Å². The molecule has 3 aromatic rings. The molecule has 4 rings (SSSR count). The molecule has 1 aliphatic rings. The molecule has 29 heavy (non-hydrogen) atoms. The lowest BCUT2D eigenvalue weighted by Gasteiger charge is -2.34. The molecule has 1 fully saturated rings. The van der Waals surface area contributed by atoms with Crippen LogP contribution < -0.4 is 0 Å². The molecule has 0 bridgehead atoms. The number of pyridine rings is 1. The lowest BCUT2D eigenvalue weighted by molar-refractivity contribution is 0.0462. The van der Waals surface area contributed by atoms with E-state index < -0.39 is 0 Å². The van der Waals surface area contributed by atoms with Crippen LogP contribution in [0.2, 0.25) is 10.0 Å². The topological polar surface area (TPSA) is 25.4 Å². The number of hydrogen-bond donors (Lipinski definition) is 0. The molecule has 0 amide bonds. The van der Waals surface area contributed by atoms with Gasteiger partial charge in [0.05, 0.1) is 24.9 Å². The predicted molar refractivity (Wildman–Crippen MR) is 114 cm³/mol. The highest BCUT2D eigenvalue weighted by atomic mass is 35.5. The van der Waals surface area contributed by atoms with Crippen molar-refractivity contribution in [3.63, 3.8) is 0 Å². The molecule has 1 saturated heterocycles. The fraction of sp³-hybridized carbons (Fsp3) is 0.174. The Morgan fingerprint density at radius 3 is 2.38 bits per heavy atom. The molecule has 0 unspecified atom stereocenters. The minimum Gasteiger partial charge on any atom is -0.379 e. The summed E-state index contributed by atoms with van der Waals surface area (Å²) in [5.41, 5.74) is 3.49. The molecule has 0 aliphatic carbocycles. The maximum absolute atomic E-state index is 13.5. The van der Waals surface area contributed by atoms with E-state index in [2.05, 4.69) is 16.3 Å². The second-order valence-corrected chi connectivity index (χ2v) is 7.61. The van der Waals surface area contributed by atoms with E-state index >= 15 is 0 Å². The third kappa shape index (κ3) is 4.96. The van der Waals surface area contributed by atoms with Gasteiger partial charge >= 0.3 is 0 Å². The maximum Gasteiger partial charge on any atom is 0.123 e. The molecule has 1 aromatic heterocycles. The third-order valence-electron chi connectivity index (χ3n) is 4.76. The van der Waals surface area contributed by atoms with E-state index in [4.69, 9.17) is 27.9 Å². The highest BCUT2D eigenvalue weighted by molar-refractivity contribution is 6.35. The summed E-state index contributed by atoms with van der Waals surface area (Å²) >= 11 is 12.4. The Labute approximate surface area is 180 Å². The van der Waals surface area contributed by atoms with E-state index in [1.165, 1.54) is 12.1 Å². The molecule has 0 atom stereocenters. The summed E-state index contributed by atoms with van der Waals surface area (Å²) in [6.45, 7) is 2.84. The largest absolute Gasteiger partial charge is 0.379 e. The molecule has 3 nitrogen and oxygen atoms in total. The Balaban J connectivity index is 1.71. The maximum atomic E-state index is 13.5. The Morgan fingerprint density at radius 2 is 1.69 bits per heavy atom. The zero-order valence-electron chi connectivity index (χ0n) is 15.6. The van der Waals surface area contributed by atoms with Crippen LogP contribution in [0.1, 0.15) is 11.1 Å². The fourth-order valence-electron chi connectivity index (χ4n) is 3.40. The van der Waals surface area contributed by atoms with Gasteiger partial charge < -0.3 is 4.74 Å². The average molecular weight is 429 g/mol. The van der Waals surface area contributed by atoms with Crippen molar-refractivity contribution in [3.8, 4) is 11.3 Å². The zero-order valence-corrected chi connectivity index (χ0v) is 17.1. The number of aromatic nitrogens is 1. The van der Waals surface area contributed by atoms with Crippen LogP contribution in [0.4, 0.5) is 4.39 Å². The van der Waals surface area contributed by atoms with E-state index in [0.29, 0.717) is 23.3 Å². The molecule has 1 aliphatic heterocycles. The number of nitrogens with zero attached hydrogens (tertiary/aromatic N) is 2.